The van der Waals surface area contributed by atoms with E-state index in [0.717, 1.165) is 10.0 Å². The molecule has 0 heterocycles. The molecule has 0 aliphatic rings. The van der Waals surface area contributed by atoms with Crippen molar-refractivity contribution < 1.29 is 9.90 Å². The lowest BCUT2D eigenvalue weighted by atomic mass is 10.0. The molecule has 0 saturated heterocycles. The van der Waals surface area contributed by atoms with Gasteiger partial charge in [-0.2, -0.15) is 0 Å². The summed E-state index contributed by atoms with van der Waals surface area (Å²) in [6.07, 6.45) is 0.946. The van der Waals surface area contributed by atoms with Crippen molar-refractivity contribution >= 4 is 21.7 Å². The molecule has 1 aromatic rings. The van der Waals surface area contributed by atoms with Crippen LogP contribution in [0.2, 0.25) is 0 Å². The predicted molar refractivity (Wildman–Crippen MR) is 63.2 cm³/mol. The monoisotopic (exact) mass is 271 g/mol. The molecule has 0 spiro atoms. The molecule has 0 fully saturated rings. The largest absolute Gasteiger partial charge is 0.507 e. The molecule has 0 aromatic heterocycles. The molecule has 0 radical (unpaired) electrons. The van der Waals surface area contributed by atoms with Crippen LogP contribution in [0, 0.1) is 0 Å². The van der Waals surface area contributed by atoms with Crippen molar-refractivity contribution in [3.05, 3.63) is 27.7 Å². The number of carbonyl (C=O) groups excluding carboxylic acids is 1. The molecule has 82 valence electrons. The lowest BCUT2D eigenvalue weighted by Crippen LogP contribution is -2.09. The summed E-state index contributed by atoms with van der Waals surface area (Å²) >= 11 is 3.31. The van der Waals surface area contributed by atoms with Crippen LogP contribution >= 0.6 is 15.9 Å². The first-order valence-corrected chi connectivity index (χ1v) is 5.64. The van der Waals surface area contributed by atoms with Gasteiger partial charge in [-0.15, -0.1) is 0 Å². The van der Waals surface area contributed by atoms with Gasteiger partial charge < -0.3 is 10.8 Å². The van der Waals surface area contributed by atoms with E-state index in [0.29, 0.717) is 18.5 Å². The van der Waals surface area contributed by atoms with Crippen molar-refractivity contribution in [2.45, 2.75) is 19.8 Å². The highest BCUT2D eigenvalue weighted by Crippen LogP contribution is 2.28. The van der Waals surface area contributed by atoms with E-state index in [-0.39, 0.29) is 18.0 Å². The molecule has 0 aliphatic heterocycles. The Labute approximate surface area is 97.4 Å². The second-order valence-corrected chi connectivity index (χ2v) is 4.19. The van der Waals surface area contributed by atoms with E-state index >= 15 is 0 Å². The summed E-state index contributed by atoms with van der Waals surface area (Å²) in [5, 5.41) is 9.83. The van der Waals surface area contributed by atoms with Crippen LogP contribution in [0.4, 0.5) is 0 Å². The fourth-order valence-electron chi connectivity index (χ4n) is 1.40. The van der Waals surface area contributed by atoms with Crippen LogP contribution in [0.3, 0.4) is 0 Å². The summed E-state index contributed by atoms with van der Waals surface area (Å²) in [4.78, 5) is 11.6. The Kier molecular flexibility index (Phi) is 4.29. The quantitative estimate of drug-likeness (QED) is 0.826. The van der Waals surface area contributed by atoms with Crippen LogP contribution in [0.1, 0.15) is 29.3 Å². The maximum atomic E-state index is 11.6. The molecule has 0 unspecified atom stereocenters. The molecule has 0 saturated carbocycles. The van der Waals surface area contributed by atoms with Gasteiger partial charge in [0.15, 0.2) is 5.78 Å². The number of phenolic OH excluding ortho intramolecular Hbond substituents is 1. The highest BCUT2D eigenvalue weighted by atomic mass is 79.9. The van der Waals surface area contributed by atoms with Crippen molar-refractivity contribution in [1.82, 2.24) is 0 Å². The highest BCUT2D eigenvalue weighted by molar-refractivity contribution is 9.10. The number of hydrogen-bond donors (Lipinski definition) is 2. The Morgan fingerprint density at radius 3 is 2.73 bits per heavy atom. The Morgan fingerprint density at radius 2 is 2.20 bits per heavy atom. The Hall–Kier alpha value is -0.870. The van der Waals surface area contributed by atoms with Crippen LogP contribution in [-0.4, -0.2) is 17.4 Å². The van der Waals surface area contributed by atoms with Crippen LogP contribution in [0.5, 0.6) is 5.75 Å². The molecule has 0 amide bonds. The van der Waals surface area contributed by atoms with E-state index < -0.39 is 0 Å². The minimum Gasteiger partial charge on any atom is -0.507 e. The number of benzene rings is 1. The number of aromatic hydroxyl groups is 1. The third-order valence-corrected chi connectivity index (χ3v) is 2.66. The summed E-state index contributed by atoms with van der Waals surface area (Å²) < 4.78 is 0.803. The zero-order valence-electron chi connectivity index (χ0n) is 8.59. The van der Waals surface area contributed by atoms with Gasteiger partial charge in [0.05, 0.1) is 5.56 Å². The predicted octanol–water partition coefficient (Wildman–Crippen LogP) is 2.25. The summed E-state index contributed by atoms with van der Waals surface area (Å²) in [6.45, 7) is 2.23. The first kappa shape index (κ1) is 12.2. The van der Waals surface area contributed by atoms with E-state index in [1.165, 1.54) is 0 Å². The van der Waals surface area contributed by atoms with E-state index in [1.54, 1.807) is 6.07 Å². The lowest BCUT2D eigenvalue weighted by molar-refractivity contribution is 0.0982. The zero-order chi connectivity index (χ0) is 11.4. The molecular formula is C11H14BrNO2. The van der Waals surface area contributed by atoms with Crippen molar-refractivity contribution in [2.24, 2.45) is 5.73 Å². The van der Waals surface area contributed by atoms with Gasteiger partial charge in [0.25, 0.3) is 0 Å². The number of nitrogens with two attached hydrogens (primary N) is 1. The van der Waals surface area contributed by atoms with E-state index in [4.69, 9.17) is 5.73 Å². The molecule has 3 N–H and O–H groups in total. The van der Waals surface area contributed by atoms with E-state index in [1.807, 2.05) is 13.0 Å². The highest BCUT2D eigenvalue weighted by Gasteiger charge is 2.14. The number of phenols is 1. The second-order valence-electron chi connectivity index (χ2n) is 3.28. The summed E-state index contributed by atoms with van der Waals surface area (Å²) in [7, 11) is 0. The van der Waals surface area contributed by atoms with Gasteiger partial charge in [0.1, 0.15) is 5.75 Å². The number of rotatable bonds is 4. The van der Waals surface area contributed by atoms with Gasteiger partial charge in [0, 0.05) is 10.9 Å². The van der Waals surface area contributed by atoms with Gasteiger partial charge in [-0.3, -0.25) is 4.79 Å². The molecule has 1 rings (SSSR count). The van der Waals surface area contributed by atoms with Gasteiger partial charge in [-0.25, -0.2) is 0 Å². The van der Waals surface area contributed by atoms with Crippen molar-refractivity contribution in [1.29, 1.82) is 0 Å². The molecule has 0 atom stereocenters. The van der Waals surface area contributed by atoms with Crippen LogP contribution in [0.15, 0.2) is 16.6 Å². The van der Waals surface area contributed by atoms with Crippen LogP contribution in [-0.2, 0) is 6.42 Å². The second kappa shape index (κ2) is 5.28. The first-order valence-electron chi connectivity index (χ1n) is 4.84. The Morgan fingerprint density at radius 1 is 1.53 bits per heavy atom. The molecule has 3 nitrogen and oxygen atoms in total. The third-order valence-electron chi connectivity index (χ3n) is 2.21. The lowest BCUT2D eigenvalue weighted by Gasteiger charge is -2.08. The fourth-order valence-corrected chi connectivity index (χ4v) is 1.91. The average molecular weight is 272 g/mol. The molecule has 1 aromatic carbocycles. The number of halogens is 1. The Balaban J connectivity index is 3.17. The van der Waals surface area contributed by atoms with Gasteiger partial charge in [0.2, 0.25) is 0 Å². The zero-order valence-corrected chi connectivity index (χ0v) is 10.2. The molecule has 15 heavy (non-hydrogen) atoms. The van der Waals surface area contributed by atoms with Crippen molar-refractivity contribution in [2.75, 3.05) is 6.54 Å². The average Bonchev–Trinajstić information content (AvgIpc) is 2.21. The topological polar surface area (TPSA) is 63.3 Å². The van der Waals surface area contributed by atoms with Gasteiger partial charge in [-0.1, -0.05) is 22.9 Å². The maximum Gasteiger partial charge on any atom is 0.167 e. The minimum atomic E-state index is -0.119. The summed E-state index contributed by atoms with van der Waals surface area (Å²) in [5.74, 6) is -0.0369. The minimum absolute atomic E-state index is 0.0825. The number of Topliss-reactive ketones (excluding diaryl/α,β-unsaturated/α-hetero) is 1. The van der Waals surface area contributed by atoms with Gasteiger partial charge in [-0.05, 0) is 30.7 Å². The van der Waals surface area contributed by atoms with Crippen molar-refractivity contribution in [3.8, 4) is 5.75 Å². The van der Waals surface area contributed by atoms with E-state index in [2.05, 4.69) is 15.9 Å². The fraction of sp³-hybridized carbons (Fsp3) is 0.364. The number of aryl methyl sites for hydroxylation is 1. The molecular weight excluding hydrogens is 258 g/mol. The standard InChI is InChI=1S/C11H14BrNO2/c1-2-7-5-8(12)6-9(11(7)15)10(14)3-4-13/h5-6,15H,2-4,13H2,1H3. The SMILES string of the molecule is CCc1cc(Br)cc(C(=O)CCN)c1O. The molecule has 0 bridgehead atoms. The summed E-state index contributed by atoms with van der Waals surface area (Å²) in [5.41, 5.74) is 6.43. The Bertz CT molecular complexity index is 377. The molecule has 0 aliphatic carbocycles. The number of carbonyl (C=O) groups is 1. The smallest absolute Gasteiger partial charge is 0.167 e. The van der Waals surface area contributed by atoms with Crippen molar-refractivity contribution in [3.63, 3.8) is 0 Å². The van der Waals surface area contributed by atoms with Crippen LogP contribution < -0.4 is 5.73 Å². The van der Waals surface area contributed by atoms with E-state index in [9.17, 15) is 9.90 Å². The maximum absolute atomic E-state index is 11.6. The van der Waals surface area contributed by atoms with Gasteiger partial charge >= 0.3 is 0 Å². The third kappa shape index (κ3) is 2.79. The number of ketones is 1. The first-order chi connectivity index (χ1) is 7.10. The number of hydrogen-bond acceptors (Lipinski definition) is 3. The summed E-state index contributed by atoms with van der Waals surface area (Å²) in [6, 6.07) is 3.45. The normalized spacial score (nSPS) is 10.3. The van der Waals surface area contributed by atoms with Crippen LogP contribution in [0.25, 0.3) is 0 Å². The molecule has 4 heteroatoms.